The van der Waals surface area contributed by atoms with E-state index in [0.29, 0.717) is 30.1 Å². The molecule has 1 heterocycles. The van der Waals surface area contributed by atoms with E-state index in [1.165, 1.54) is 49.7 Å². The molecule has 0 saturated heterocycles. The Hall–Kier alpha value is -3.12. The van der Waals surface area contributed by atoms with Crippen LogP contribution >= 0.6 is 0 Å². The molecule has 0 aliphatic carbocycles. The normalized spacial score (nSPS) is 11.1. The Morgan fingerprint density at radius 1 is 0.723 bits per heavy atom. The number of carboxylic acid groups (broad SMARTS) is 1. The third-order valence-corrected chi connectivity index (χ3v) is 8.79. The molecule has 5 nitrogen and oxygen atoms in total. The number of ketones is 1. The van der Waals surface area contributed by atoms with Gasteiger partial charge in [-0.25, -0.2) is 0 Å². The number of aliphatic carboxylic acids is 1. The quantitative estimate of drug-likeness (QED) is 0.0713. The maximum atomic E-state index is 13.8. The Balaban J connectivity index is 0.00000600. The van der Waals surface area contributed by atoms with Gasteiger partial charge in [0, 0.05) is 47.8 Å². The molecular weight excluding hydrogens is 591 g/mol. The first kappa shape index (κ1) is 38.3. The average molecular weight is 643 g/mol. The molecule has 0 unspecified atom stereocenters. The van der Waals surface area contributed by atoms with Gasteiger partial charge in [-0.15, -0.1) is 0 Å². The summed E-state index contributed by atoms with van der Waals surface area (Å²) in [7, 11) is 0. The number of hydrogen-bond donors (Lipinski definition) is 1. The van der Waals surface area contributed by atoms with Crippen LogP contribution in [-0.2, 0) is 24.2 Å². The van der Waals surface area contributed by atoms with Crippen LogP contribution in [0.1, 0.15) is 117 Å². The molecule has 0 radical (unpaired) electrons. The molecule has 0 amide bonds. The molecule has 0 aliphatic rings. The van der Waals surface area contributed by atoms with E-state index < -0.39 is 5.97 Å². The Labute approximate surface area is 304 Å². The summed E-state index contributed by atoms with van der Waals surface area (Å²) < 4.78 is 1.94. The fraction of sp³-hybridized carbons (Fsp3) is 0.415. The zero-order valence-corrected chi connectivity index (χ0v) is 30.8. The number of nitrogens with one attached hydrogen (secondary N) is 1. The molecule has 0 spiro atoms. The Morgan fingerprint density at radius 3 is 1.87 bits per heavy atom. The number of carbonyl (C=O) groups is 2. The molecule has 0 bridgehead atoms. The molecule has 1 N–H and O–H groups in total. The van der Waals surface area contributed by atoms with Gasteiger partial charge in [0.15, 0.2) is 5.78 Å². The minimum Gasteiger partial charge on any atom is -0.550 e. The van der Waals surface area contributed by atoms with E-state index in [2.05, 4.69) is 85.9 Å². The minimum atomic E-state index is -1.05. The van der Waals surface area contributed by atoms with E-state index in [9.17, 15) is 14.7 Å². The van der Waals surface area contributed by atoms with Gasteiger partial charge >= 0.3 is 29.6 Å². The summed E-state index contributed by atoms with van der Waals surface area (Å²) in [6, 6.07) is 29.8. The number of nitrogens with zero attached hydrogens (tertiary/aromatic N) is 1. The zero-order valence-electron chi connectivity index (χ0n) is 28.8. The van der Waals surface area contributed by atoms with Gasteiger partial charge in [0.2, 0.25) is 0 Å². The SMILES string of the molecule is CC(C)c1cn(CCCC(=O)[O-])cc1C(=O)c1cccc(NC(CCCCCc2ccccc2)CCCCCc2ccccc2)c1.[Na+]. The van der Waals surface area contributed by atoms with E-state index in [1.54, 1.807) is 0 Å². The maximum Gasteiger partial charge on any atom is 1.00 e. The van der Waals surface area contributed by atoms with Crippen molar-refractivity contribution in [3.63, 3.8) is 0 Å². The molecule has 0 aliphatic heterocycles. The molecular formula is C41H51N2NaO3. The molecule has 4 rings (SSSR count). The van der Waals surface area contributed by atoms with Crippen molar-refractivity contribution in [2.24, 2.45) is 0 Å². The van der Waals surface area contributed by atoms with Crippen molar-refractivity contribution < 1.29 is 44.3 Å². The standard InChI is InChI=1S/C41H52N2O3.Na/c1-32(2)38-30-43(28-16-27-40(44)45)31-39(38)41(46)35-23-15-26-37(29-35)42-36(24-13-5-11-21-33-17-7-3-8-18-33)25-14-6-12-22-34-19-9-4-10-20-34;/h3-4,7-10,15,17-20,23,26,29-32,36,42H,5-6,11-14,16,21-22,24-25,27-28H2,1-2H3,(H,44,45);/q;+1/p-1. The molecule has 3 aromatic carbocycles. The second kappa shape index (κ2) is 21.0. The molecule has 244 valence electrons. The first-order valence-electron chi connectivity index (χ1n) is 17.3. The van der Waals surface area contributed by atoms with E-state index in [0.717, 1.165) is 36.9 Å². The summed E-state index contributed by atoms with van der Waals surface area (Å²) in [5, 5.41) is 14.7. The van der Waals surface area contributed by atoms with Crippen LogP contribution in [-0.4, -0.2) is 22.4 Å². The number of anilines is 1. The molecule has 6 heteroatoms. The van der Waals surface area contributed by atoms with Crippen LogP contribution in [0.15, 0.2) is 97.3 Å². The van der Waals surface area contributed by atoms with Gasteiger partial charge in [0.05, 0.1) is 0 Å². The molecule has 0 saturated carbocycles. The molecule has 1 aromatic heterocycles. The van der Waals surface area contributed by atoms with Crippen LogP contribution in [0.25, 0.3) is 0 Å². The number of carboxylic acids is 1. The van der Waals surface area contributed by atoms with Gasteiger partial charge in [-0.1, -0.05) is 112 Å². The van der Waals surface area contributed by atoms with Crippen LogP contribution in [0.5, 0.6) is 0 Å². The first-order valence-corrected chi connectivity index (χ1v) is 17.3. The fourth-order valence-electron chi connectivity index (χ4n) is 6.22. The number of carbonyl (C=O) groups excluding carboxylic acids is 2. The smallest absolute Gasteiger partial charge is 0.550 e. The van der Waals surface area contributed by atoms with Crippen LogP contribution in [0.3, 0.4) is 0 Å². The largest absolute Gasteiger partial charge is 1.00 e. The van der Waals surface area contributed by atoms with Crippen molar-refractivity contribution in [2.75, 3.05) is 5.32 Å². The van der Waals surface area contributed by atoms with Gasteiger partial charge in [0.1, 0.15) is 0 Å². The Kier molecular flexibility index (Phi) is 17.1. The molecule has 47 heavy (non-hydrogen) atoms. The van der Waals surface area contributed by atoms with Crippen LogP contribution in [0.2, 0.25) is 0 Å². The Morgan fingerprint density at radius 2 is 1.32 bits per heavy atom. The molecule has 0 fully saturated rings. The van der Waals surface area contributed by atoms with Crippen LogP contribution < -0.4 is 40.0 Å². The second-order valence-corrected chi connectivity index (χ2v) is 12.9. The van der Waals surface area contributed by atoms with Crippen molar-refractivity contribution >= 4 is 17.4 Å². The maximum absolute atomic E-state index is 13.8. The summed E-state index contributed by atoms with van der Waals surface area (Å²) in [5.41, 5.74) is 6.15. The Bertz CT molecular complexity index is 1430. The fourth-order valence-corrected chi connectivity index (χ4v) is 6.22. The van der Waals surface area contributed by atoms with E-state index in [4.69, 9.17) is 0 Å². The van der Waals surface area contributed by atoms with E-state index >= 15 is 0 Å². The van der Waals surface area contributed by atoms with E-state index in [-0.39, 0.29) is 47.7 Å². The number of rotatable bonds is 21. The van der Waals surface area contributed by atoms with Gasteiger partial charge in [-0.2, -0.15) is 0 Å². The summed E-state index contributed by atoms with van der Waals surface area (Å²) in [6.07, 6.45) is 16.0. The minimum absolute atomic E-state index is 0. The molecule has 0 atom stereocenters. The van der Waals surface area contributed by atoms with Gasteiger partial charge in [-0.3, -0.25) is 4.79 Å². The average Bonchev–Trinajstić information content (AvgIpc) is 3.49. The third kappa shape index (κ3) is 13.5. The van der Waals surface area contributed by atoms with Crippen LogP contribution in [0, 0.1) is 0 Å². The van der Waals surface area contributed by atoms with Gasteiger partial charge in [-0.05, 0) is 86.1 Å². The van der Waals surface area contributed by atoms with Crippen molar-refractivity contribution in [2.45, 2.75) is 109 Å². The zero-order chi connectivity index (χ0) is 32.6. The number of benzene rings is 3. The third-order valence-electron chi connectivity index (χ3n) is 8.79. The first-order chi connectivity index (χ1) is 22.4. The second-order valence-electron chi connectivity index (χ2n) is 12.9. The number of aromatic nitrogens is 1. The van der Waals surface area contributed by atoms with Crippen molar-refractivity contribution in [3.05, 3.63) is 125 Å². The summed E-state index contributed by atoms with van der Waals surface area (Å²) in [5.74, 6) is -0.866. The number of unbranched alkanes of at least 4 members (excludes halogenated alkanes) is 4. The number of aryl methyl sites for hydroxylation is 3. The monoisotopic (exact) mass is 642 g/mol. The van der Waals surface area contributed by atoms with E-state index in [1.807, 2.05) is 35.2 Å². The molecule has 4 aromatic rings. The predicted molar refractivity (Wildman–Crippen MR) is 187 cm³/mol. The summed E-state index contributed by atoms with van der Waals surface area (Å²) >= 11 is 0. The van der Waals surface area contributed by atoms with Gasteiger partial charge < -0.3 is 19.8 Å². The van der Waals surface area contributed by atoms with Crippen LogP contribution in [0.4, 0.5) is 5.69 Å². The predicted octanol–water partition coefficient (Wildman–Crippen LogP) is 5.76. The van der Waals surface area contributed by atoms with Crippen molar-refractivity contribution in [1.82, 2.24) is 4.57 Å². The topological polar surface area (TPSA) is 74.2 Å². The van der Waals surface area contributed by atoms with Gasteiger partial charge in [0.25, 0.3) is 0 Å². The number of hydrogen-bond acceptors (Lipinski definition) is 4. The van der Waals surface area contributed by atoms with Crippen molar-refractivity contribution in [1.29, 1.82) is 0 Å². The van der Waals surface area contributed by atoms with Crippen molar-refractivity contribution in [3.8, 4) is 0 Å². The summed E-state index contributed by atoms with van der Waals surface area (Å²) in [4.78, 5) is 24.7. The summed E-state index contributed by atoms with van der Waals surface area (Å²) in [6.45, 7) is 4.71.